The summed E-state index contributed by atoms with van der Waals surface area (Å²) in [6, 6.07) is 0. The van der Waals surface area contributed by atoms with Gasteiger partial charge in [0.05, 0.1) is 19.8 Å². The molecule has 4 nitrogen and oxygen atoms in total. The lowest BCUT2D eigenvalue weighted by Gasteiger charge is -2.33. The Morgan fingerprint density at radius 1 is 1.29 bits per heavy atom. The van der Waals surface area contributed by atoms with Crippen molar-refractivity contribution in [2.24, 2.45) is 11.8 Å². The third-order valence-corrected chi connectivity index (χ3v) is 3.86. The van der Waals surface area contributed by atoms with E-state index in [-0.39, 0.29) is 11.9 Å². The molecule has 1 spiro atoms. The molecule has 3 rings (SSSR count). The quantitative estimate of drug-likeness (QED) is 0.602. The zero-order valence-corrected chi connectivity index (χ0v) is 10.1. The number of allylic oxidation sites excluding steroid dienone is 1. The molecule has 2 heterocycles. The van der Waals surface area contributed by atoms with Gasteiger partial charge in [0, 0.05) is 24.3 Å². The first-order valence-electron chi connectivity index (χ1n) is 6.34. The molecule has 1 aliphatic carbocycles. The summed E-state index contributed by atoms with van der Waals surface area (Å²) in [7, 11) is 0. The van der Waals surface area contributed by atoms with E-state index in [9.17, 15) is 4.79 Å². The van der Waals surface area contributed by atoms with Crippen LogP contribution in [0.15, 0.2) is 11.6 Å². The molecule has 0 aromatic rings. The topological polar surface area (TPSA) is 44.8 Å². The molecule has 2 fully saturated rings. The van der Waals surface area contributed by atoms with E-state index in [1.165, 1.54) is 0 Å². The number of carbonyl (C=O) groups excluding carboxylic acids is 1. The van der Waals surface area contributed by atoms with E-state index in [1.54, 1.807) is 0 Å². The molecule has 2 saturated heterocycles. The lowest BCUT2D eigenvalue weighted by molar-refractivity contribution is -0.180. The van der Waals surface area contributed by atoms with Crippen LogP contribution < -0.4 is 0 Å². The number of ether oxygens (including phenoxy) is 3. The predicted octanol–water partition coefficient (Wildman–Crippen LogP) is 1.65. The Labute approximate surface area is 101 Å². The Hall–Kier alpha value is -0.870. The van der Waals surface area contributed by atoms with Gasteiger partial charge >= 0.3 is 5.97 Å². The molecular weight excluding hydrogens is 220 g/mol. The van der Waals surface area contributed by atoms with Crippen LogP contribution in [0.5, 0.6) is 0 Å². The molecule has 0 bridgehead atoms. The number of fused-ring (bicyclic) bond motifs is 1. The normalized spacial score (nSPS) is 39.1. The molecule has 4 heteroatoms. The van der Waals surface area contributed by atoms with E-state index in [0.29, 0.717) is 25.7 Å². The number of rotatable bonds is 0. The van der Waals surface area contributed by atoms with Gasteiger partial charge in [0.15, 0.2) is 5.79 Å². The summed E-state index contributed by atoms with van der Waals surface area (Å²) >= 11 is 0. The fourth-order valence-corrected chi connectivity index (χ4v) is 3.07. The van der Waals surface area contributed by atoms with Crippen molar-refractivity contribution in [3.8, 4) is 0 Å². The van der Waals surface area contributed by atoms with E-state index >= 15 is 0 Å². The molecule has 0 aromatic carbocycles. The van der Waals surface area contributed by atoms with Crippen LogP contribution in [0.4, 0.5) is 0 Å². The van der Waals surface area contributed by atoms with Crippen LogP contribution in [0.1, 0.15) is 26.2 Å². The number of hydrogen-bond acceptors (Lipinski definition) is 4. The van der Waals surface area contributed by atoms with Crippen molar-refractivity contribution in [1.82, 2.24) is 0 Å². The number of esters is 1. The molecule has 94 valence electrons. The van der Waals surface area contributed by atoms with E-state index in [2.05, 4.69) is 6.92 Å². The van der Waals surface area contributed by atoms with Crippen molar-refractivity contribution < 1.29 is 19.0 Å². The summed E-state index contributed by atoms with van der Waals surface area (Å²) in [6.07, 6.45) is 4.60. The average molecular weight is 238 g/mol. The van der Waals surface area contributed by atoms with Crippen molar-refractivity contribution in [2.45, 2.75) is 32.0 Å². The van der Waals surface area contributed by atoms with Gasteiger partial charge in [0.25, 0.3) is 0 Å². The van der Waals surface area contributed by atoms with Crippen LogP contribution >= 0.6 is 0 Å². The molecule has 2 aliphatic heterocycles. The Morgan fingerprint density at radius 2 is 2.06 bits per heavy atom. The molecule has 17 heavy (non-hydrogen) atoms. The molecule has 3 aliphatic rings. The SMILES string of the molecule is CC1C/C=C2/C(=O)OCC2CC2(C1)OCCO2. The highest BCUT2D eigenvalue weighted by Crippen LogP contribution is 2.40. The minimum atomic E-state index is -0.475. The summed E-state index contributed by atoms with van der Waals surface area (Å²) in [6.45, 7) is 3.97. The summed E-state index contributed by atoms with van der Waals surface area (Å²) in [5, 5.41) is 0. The summed E-state index contributed by atoms with van der Waals surface area (Å²) in [5.41, 5.74) is 0.829. The summed E-state index contributed by atoms with van der Waals surface area (Å²) < 4.78 is 16.8. The van der Waals surface area contributed by atoms with E-state index < -0.39 is 5.79 Å². The molecule has 0 aromatic heterocycles. The van der Waals surface area contributed by atoms with Crippen LogP contribution in [0.2, 0.25) is 0 Å². The molecular formula is C13H18O4. The molecule has 0 radical (unpaired) electrons. The standard InChI is InChI=1S/C13H18O4/c1-9-2-3-11-10(8-15-12(11)14)7-13(6-9)16-4-5-17-13/h3,9-10H,2,4-8H2,1H3/b11-3+. The fraction of sp³-hybridized carbons (Fsp3) is 0.769. The van der Waals surface area contributed by atoms with Gasteiger partial charge in [0.1, 0.15) is 0 Å². The third kappa shape index (κ3) is 2.00. The van der Waals surface area contributed by atoms with E-state index in [0.717, 1.165) is 24.8 Å². The van der Waals surface area contributed by atoms with Crippen LogP contribution in [0.3, 0.4) is 0 Å². The van der Waals surface area contributed by atoms with Gasteiger partial charge in [-0.2, -0.15) is 0 Å². The first-order chi connectivity index (χ1) is 8.19. The second kappa shape index (κ2) is 4.10. The maximum Gasteiger partial charge on any atom is 0.334 e. The highest BCUT2D eigenvalue weighted by Gasteiger charge is 2.45. The molecule has 0 N–H and O–H groups in total. The van der Waals surface area contributed by atoms with Gasteiger partial charge in [-0.05, 0) is 12.3 Å². The van der Waals surface area contributed by atoms with E-state index in [4.69, 9.17) is 14.2 Å². The molecule has 2 atom stereocenters. The average Bonchev–Trinajstić information content (AvgIpc) is 2.84. The van der Waals surface area contributed by atoms with Gasteiger partial charge in [-0.15, -0.1) is 0 Å². The lowest BCUT2D eigenvalue weighted by atomic mass is 9.84. The zero-order chi connectivity index (χ0) is 11.9. The largest absolute Gasteiger partial charge is 0.462 e. The predicted molar refractivity (Wildman–Crippen MR) is 60.2 cm³/mol. The first-order valence-corrected chi connectivity index (χ1v) is 6.34. The van der Waals surface area contributed by atoms with Crippen molar-refractivity contribution in [1.29, 1.82) is 0 Å². The number of hydrogen-bond donors (Lipinski definition) is 0. The van der Waals surface area contributed by atoms with Gasteiger partial charge in [-0.3, -0.25) is 0 Å². The molecule has 0 amide bonds. The zero-order valence-electron chi connectivity index (χ0n) is 10.1. The maximum atomic E-state index is 11.6. The van der Waals surface area contributed by atoms with Gasteiger partial charge < -0.3 is 14.2 Å². The van der Waals surface area contributed by atoms with Crippen molar-refractivity contribution in [3.63, 3.8) is 0 Å². The fourth-order valence-electron chi connectivity index (χ4n) is 3.07. The third-order valence-electron chi connectivity index (χ3n) is 3.86. The number of carbonyl (C=O) groups is 1. The minimum Gasteiger partial charge on any atom is -0.462 e. The lowest BCUT2D eigenvalue weighted by Crippen LogP contribution is -2.36. The summed E-state index contributed by atoms with van der Waals surface area (Å²) in [5.74, 6) is -0.0160. The van der Waals surface area contributed by atoms with Crippen LogP contribution in [0.25, 0.3) is 0 Å². The van der Waals surface area contributed by atoms with Gasteiger partial charge in [-0.25, -0.2) is 4.79 Å². The highest BCUT2D eigenvalue weighted by atomic mass is 16.7. The van der Waals surface area contributed by atoms with Gasteiger partial charge in [0.2, 0.25) is 0 Å². The van der Waals surface area contributed by atoms with Crippen LogP contribution in [0, 0.1) is 11.8 Å². The Morgan fingerprint density at radius 3 is 2.82 bits per heavy atom. The number of cyclic esters (lactones) is 1. The second-order valence-corrected chi connectivity index (χ2v) is 5.31. The second-order valence-electron chi connectivity index (χ2n) is 5.31. The summed E-state index contributed by atoms with van der Waals surface area (Å²) in [4.78, 5) is 11.6. The van der Waals surface area contributed by atoms with Crippen molar-refractivity contribution in [2.75, 3.05) is 19.8 Å². The van der Waals surface area contributed by atoms with Crippen LogP contribution in [-0.4, -0.2) is 31.6 Å². The first kappa shape index (κ1) is 11.2. The van der Waals surface area contributed by atoms with Gasteiger partial charge in [-0.1, -0.05) is 13.0 Å². The van der Waals surface area contributed by atoms with Crippen molar-refractivity contribution in [3.05, 3.63) is 11.6 Å². The Balaban J connectivity index is 1.88. The molecule has 0 saturated carbocycles. The monoisotopic (exact) mass is 238 g/mol. The van der Waals surface area contributed by atoms with E-state index in [1.807, 2.05) is 6.08 Å². The maximum absolute atomic E-state index is 11.6. The van der Waals surface area contributed by atoms with Crippen molar-refractivity contribution >= 4 is 5.97 Å². The Bertz CT molecular complexity index is 354. The van der Waals surface area contributed by atoms with Crippen LogP contribution in [-0.2, 0) is 19.0 Å². The highest BCUT2D eigenvalue weighted by molar-refractivity contribution is 5.91. The minimum absolute atomic E-state index is 0.146. The molecule has 2 unspecified atom stereocenters. The Kier molecular flexibility index (Phi) is 2.71. The smallest absolute Gasteiger partial charge is 0.334 e.